The van der Waals surface area contributed by atoms with Crippen LogP contribution in [0.2, 0.25) is 0 Å². The SMILES string of the molecule is CCCCC(CC)CN(CO)CC(CC)CCCC. The van der Waals surface area contributed by atoms with E-state index in [9.17, 15) is 5.11 Å². The molecule has 0 radical (unpaired) electrons. The molecular weight excluding hydrogens is 234 g/mol. The number of aliphatic hydroxyl groups excluding tert-OH is 1. The van der Waals surface area contributed by atoms with E-state index in [1.807, 2.05) is 0 Å². The first kappa shape index (κ1) is 18.9. The van der Waals surface area contributed by atoms with Gasteiger partial charge < -0.3 is 5.11 Å². The molecule has 2 heteroatoms. The standard InChI is InChI=1S/C17H37NO/c1-5-9-11-16(7-3)13-18(15-19)14-17(8-4)12-10-6-2/h16-17,19H,5-15H2,1-4H3. The number of unbranched alkanes of at least 4 members (excludes halogenated alkanes) is 2. The van der Waals surface area contributed by atoms with Gasteiger partial charge in [-0.2, -0.15) is 0 Å². The fourth-order valence-electron chi connectivity index (χ4n) is 2.75. The first-order valence-corrected chi connectivity index (χ1v) is 8.54. The molecule has 0 aliphatic rings. The molecule has 0 saturated carbocycles. The number of nitrogens with zero attached hydrogens (tertiary/aromatic N) is 1. The average molecular weight is 271 g/mol. The summed E-state index contributed by atoms with van der Waals surface area (Å²) in [6, 6.07) is 0. The summed E-state index contributed by atoms with van der Waals surface area (Å²) in [6.07, 6.45) is 10.3. The Hall–Kier alpha value is -0.0800. The molecule has 2 nitrogen and oxygen atoms in total. The topological polar surface area (TPSA) is 23.5 Å². The van der Waals surface area contributed by atoms with Gasteiger partial charge in [0.25, 0.3) is 0 Å². The minimum absolute atomic E-state index is 0.227. The highest BCUT2D eigenvalue weighted by Crippen LogP contribution is 2.18. The van der Waals surface area contributed by atoms with Crippen LogP contribution in [0, 0.1) is 11.8 Å². The van der Waals surface area contributed by atoms with Gasteiger partial charge in [0.2, 0.25) is 0 Å². The van der Waals surface area contributed by atoms with Crippen molar-refractivity contribution in [2.45, 2.75) is 79.1 Å². The van der Waals surface area contributed by atoms with E-state index in [1.165, 1.54) is 51.4 Å². The molecule has 0 aromatic rings. The number of hydrogen-bond acceptors (Lipinski definition) is 2. The van der Waals surface area contributed by atoms with Crippen molar-refractivity contribution >= 4 is 0 Å². The van der Waals surface area contributed by atoms with Crippen LogP contribution in [0.1, 0.15) is 79.1 Å². The highest BCUT2D eigenvalue weighted by molar-refractivity contribution is 4.68. The summed E-state index contributed by atoms with van der Waals surface area (Å²) in [5.74, 6) is 1.52. The molecule has 0 spiro atoms. The number of aliphatic hydroxyl groups is 1. The van der Waals surface area contributed by atoms with Gasteiger partial charge in [-0.1, -0.05) is 66.2 Å². The molecule has 0 aromatic heterocycles. The Morgan fingerprint density at radius 2 is 1.21 bits per heavy atom. The zero-order valence-corrected chi connectivity index (χ0v) is 13.8. The number of hydrogen-bond donors (Lipinski definition) is 1. The Morgan fingerprint density at radius 3 is 1.47 bits per heavy atom. The fraction of sp³-hybridized carbons (Fsp3) is 1.00. The van der Waals surface area contributed by atoms with Crippen LogP contribution in [0.5, 0.6) is 0 Å². The molecule has 0 aromatic carbocycles. The van der Waals surface area contributed by atoms with E-state index >= 15 is 0 Å². The van der Waals surface area contributed by atoms with Gasteiger partial charge in [0.05, 0.1) is 6.73 Å². The molecular formula is C17H37NO. The third-order valence-corrected chi connectivity index (χ3v) is 4.32. The van der Waals surface area contributed by atoms with Crippen molar-refractivity contribution < 1.29 is 5.11 Å². The van der Waals surface area contributed by atoms with E-state index in [0.29, 0.717) is 0 Å². The minimum Gasteiger partial charge on any atom is -0.381 e. The Labute approximate surface area is 121 Å². The summed E-state index contributed by atoms with van der Waals surface area (Å²) in [5.41, 5.74) is 0. The highest BCUT2D eigenvalue weighted by atomic mass is 16.3. The van der Waals surface area contributed by atoms with E-state index in [1.54, 1.807) is 0 Å². The van der Waals surface area contributed by atoms with Crippen molar-refractivity contribution in [3.63, 3.8) is 0 Å². The van der Waals surface area contributed by atoms with Gasteiger partial charge in [-0.25, -0.2) is 0 Å². The smallest absolute Gasteiger partial charge is 0.0956 e. The van der Waals surface area contributed by atoms with Gasteiger partial charge in [0.15, 0.2) is 0 Å². The van der Waals surface area contributed by atoms with E-state index in [-0.39, 0.29) is 6.73 Å². The molecule has 0 heterocycles. The molecule has 2 unspecified atom stereocenters. The molecule has 2 atom stereocenters. The summed E-state index contributed by atoms with van der Waals surface area (Å²) in [6.45, 7) is 11.5. The van der Waals surface area contributed by atoms with Crippen LogP contribution >= 0.6 is 0 Å². The molecule has 0 aliphatic carbocycles. The lowest BCUT2D eigenvalue weighted by Crippen LogP contribution is -2.34. The van der Waals surface area contributed by atoms with E-state index in [2.05, 4.69) is 32.6 Å². The van der Waals surface area contributed by atoms with Crippen molar-refractivity contribution in [2.75, 3.05) is 19.8 Å². The first-order valence-electron chi connectivity index (χ1n) is 8.54. The van der Waals surface area contributed by atoms with Crippen molar-refractivity contribution in [1.82, 2.24) is 4.90 Å². The van der Waals surface area contributed by atoms with Gasteiger partial charge >= 0.3 is 0 Å². The Morgan fingerprint density at radius 1 is 0.789 bits per heavy atom. The van der Waals surface area contributed by atoms with Gasteiger partial charge in [-0.15, -0.1) is 0 Å². The molecule has 116 valence electrons. The second-order valence-electron chi connectivity index (χ2n) is 6.01. The van der Waals surface area contributed by atoms with Gasteiger partial charge in [-0.05, 0) is 24.7 Å². The van der Waals surface area contributed by atoms with Crippen molar-refractivity contribution in [2.24, 2.45) is 11.8 Å². The predicted octanol–water partition coefficient (Wildman–Crippen LogP) is 4.67. The van der Waals surface area contributed by atoms with E-state index < -0.39 is 0 Å². The van der Waals surface area contributed by atoms with Crippen molar-refractivity contribution in [3.8, 4) is 0 Å². The minimum atomic E-state index is 0.227. The lowest BCUT2D eigenvalue weighted by Gasteiger charge is -2.28. The van der Waals surface area contributed by atoms with Crippen LogP contribution in [-0.4, -0.2) is 29.8 Å². The molecule has 0 aliphatic heterocycles. The van der Waals surface area contributed by atoms with E-state index in [4.69, 9.17) is 0 Å². The van der Waals surface area contributed by atoms with Gasteiger partial charge in [0.1, 0.15) is 0 Å². The summed E-state index contributed by atoms with van der Waals surface area (Å²) in [4.78, 5) is 2.27. The Kier molecular flexibility index (Phi) is 12.9. The summed E-state index contributed by atoms with van der Waals surface area (Å²) >= 11 is 0. The maximum atomic E-state index is 9.59. The van der Waals surface area contributed by atoms with Crippen molar-refractivity contribution in [3.05, 3.63) is 0 Å². The van der Waals surface area contributed by atoms with Gasteiger partial charge in [0, 0.05) is 13.1 Å². The van der Waals surface area contributed by atoms with Crippen LogP contribution < -0.4 is 0 Å². The maximum Gasteiger partial charge on any atom is 0.0956 e. The Bertz CT molecular complexity index is 166. The first-order chi connectivity index (χ1) is 9.21. The molecule has 0 bridgehead atoms. The monoisotopic (exact) mass is 271 g/mol. The van der Waals surface area contributed by atoms with Crippen LogP contribution in [-0.2, 0) is 0 Å². The average Bonchev–Trinajstić information content (AvgIpc) is 2.45. The van der Waals surface area contributed by atoms with Crippen LogP contribution in [0.3, 0.4) is 0 Å². The van der Waals surface area contributed by atoms with Crippen LogP contribution in [0.25, 0.3) is 0 Å². The summed E-state index contributed by atoms with van der Waals surface area (Å²) in [7, 11) is 0. The summed E-state index contributed by atoms with van der Waals surface area (Å²) in [5, 5.41) is 9.59. The molecule has 0 fully saturated rings. The van der Waals surface area contributed by atoms with E-state index in [0.717, 1.165) is 24.9 Å². The second-order valence-corrected chi connectivity index (χ2v) is 6.01. The lowest BCUT2D eigenvalue weighted by atomic mass is 9.96. The molecule has 0 saturated heterocycles. The molecule has 0 amide bonds. The van der Waals surface area contributed by atoms with Gasteiger partial charge in [-0.3, -0.25) is 4.90 Å². The fourth-order valence-corrected chi connectivity index (χ4v) is 2.75. The lowest BCUT2D eigenvalue weighted by molar-refractivity contribution is 0.0712. The largest absolute Gasteiger partial charge is 0.381 e. The third kappa shape index (κ3) is 9.45. The maximum absolute atomic E-state index is 9.59. The third-order valence-electron chi connectivity index (χ3n) is 4.32. The molecule has 0 rings (SSSR count). The van der Waals surface area contributed by atoms with Crippen LogP contribution in [0.4, 0.5) is 0 Å². The molecule has 1 N–H and O–H groups in total. The Balaban J connectivity index is 4.14. The van der Waals surface area contributed by atoms with Crippen LogP contribution in [0.15, 0.2) is 0 Å². The second kappa shape index (κ2) is 12.9. The van der Waals surface area contributed by atoms with Crippen molar-refractivity contribution in [1.29, 1.82) is 0 Å². The highest BCUT2D eigenvalue weighted by Gasteiger charge is 2.15. The predicted molar refractivity (Wildman–Crippen MR) is 85.3 cm³/mol. The number of rotatable bonds is 13. The molecule has 19 heavy (non-hydrogen) atoms. The zero-order chi connectivity index (χ0) is 14.5. The summed E-state index contributed by atoms with van der Waals surface area (Å²) < 4.78 is 0. The normalized spacial score (nSPS) is 14.8. The quantitative estimate of drug-likeness (QED) is 0.492. The zero-order valence-electron chi connectivity index (χ0n) is 13.8.